The van der Waals surface area contributed by atoms with E-state index in [4.69, 9.17) is 23.2 Å². The Morgan fingerprint density at radius 1 is 1.25 bits per heavy atom. The summed E-state index contributed by atoms with van der Waals surface area (Å²) < 4.78 is 1.79. The average molecular weight is 312 g/mol. The number of aromatic nitrogens is 2. The van der Waals surface area contributed by atoms with Crippen LogP contribution in [0, 0.1) is 12.8 Å². The first-order valence-electron chi connectivity index (χ1n) is 6.69. The van der Waals surface area contributed by atoms with Crippen LogP contribution in [0.2, 0.25) is 10.0 Å². The minimum absolute atomic E-state index is 0.599. The predicted molar refractivity (Wildman–Crippen MR) is 84.9 cm³/mol. The van der Waals surface area contributed by atoms with Gasteiger partial charge in [-0.1, -0.05) is 43.1 Å². The van der Waals surface area contributed by atoms with Gasteiger partial charge >= 0.3 is 0 Å². The van der Waals surface area contributed by atoms with E-state index in [1.165, 1.54) is 0 Å². The zero-order chi connectivity index (χ0) is 14.7. The normalized spacial score (nSPS) is 11.3. The highest BCUT2D eigenvalue weighted by molar-refractivity contribution is 6.31. The van der Waals surface area contributed by atoms with Gasteiger partial charge in [0.15, 0.2) is 0 Å². The molecule has 2 rings (SSSR count). The van der Waals surface area contributed by atoms with Crippen LogP contribution in [0.25, 0.3) is 5.69 Å². The third-order valence-corrected chi connectivity index (χ3v) is 3.76. The Labute approximate surface area is 129 Å². The van der Waals surface area contributed by atoms with Gasteiger partial charge in [-0.2, -0.15) is 5.10 Å². The summed E-state index contributed by atoms with van der Waals surface area (Å²) in [5.74, 6) is 0.599. The topological polar surface area (TPSA) is 29.9 Å². The van der Waals surface area contributed by atoms with Crippen molar-refractivity contribution >= 4 is 23.2 Å². The lowest BCUT2D eigenvalue weighted by Crippen LogP contribution is -2.20. The number of hydrogen-bond acceptors (Lipinski definition) is 2. The second-order valence-corrected chi connectivity index (χ2v) is 6.08. The smallest absolute Gasteiger partial charge is 0.0819 e. The summed E-state index contributed by atoms with van der Waals surface area (Å²) in [6.45, 7) is 7.90. The molecule has 0 saturated carbocycles. The van der Waals surface area contributed by atoms with Gasteiger partial charge in [0.05, 0.1) is 16.4 Å². The fraction of sp³-hybridized carbons (Fsp3) is 0.400. The highest BCUT2D eigenvalue weighted by Crippen LogP contribution is 2.25. The summed E-state index contributed by atoms with van der Waals surface area (Å²) in [6.07, 6.45) is 1.81. The van der Waals surface area contributed by atoms with E-state index in [1.807, 2.05) is 31.3 Å². The van der Waals surface area contributed by atoms with Gasteiger partial charge in [0.25, 0.3) is 0 Å². The van der Waals surface area contributed by atoms with Crippen LogP contribution >= 0.6 is 23.2 Å². The summed E-state index contributed by atoms with van der Waals surface area (Å²) in [7, 11) is 0. The van der Waals surface area contributed by atoms with Gasteiger partial charge in [0, 0.05) is 23.3 Å². The molecule has 20 heavy (non-hydrogen) atoms. The maximum Gasteiger partial charge on any atom is 0.0819 e. The lowest BCUT2D eigenvalue weighted by molar-refractivity contribution is 0.551. The van der Waals surface area contributed by atoms with Crippen LogP contribution in [0.4, 0.5) is 0 Å². The molecule has 0 unspecified atom stereocenters. The molecular formula is C15H19Cl2N3. The zero-order valence-corrected chi connectivity index (χ0v) is 13.5. The molecule has 108 valence electrons. The van der Waals surface area contributed by atoms with Crippen molar-refractivity contribution in [2.75, 3.05) is 6.54 Å². The van der Waals surface area contributed by atoms with Gasteiger partial charge in [-0.15, -0.1) is 0 Å². The van der Waals surface area contributed by atoms with Crippen LogP contribution in [0.15, 0.2) is 24.4 Å². The van der Waals surface area contributed by atoms with Gasteiger partial charge in [0.2, 0.25) is 0 Å². The highest BCUT2D eigenvalue weighted by atomic mass is 35.5. The van der Waals surface area contributed by atoms with E-state index >= 15 is 0 Å². The Bertz CT molecular complexity index is 571. The Balaban J connectivity index is 2.30. The van der Waals surface area contributed by atoms with Crippen LogP contribution in [-0.4, -0.2) is 16.3 Å². The summed E-state index contributed by atoms with van der Waals surface area (Å²) in [5, 5.41) is 9.24. The molecule has 1 aromatic heterocycles. The average Bonchev–Trinajstić information content (AvgIpc) is 2.71. The summed E-state index contributed by atoms with van der Waals surface area (Å²) in [5.41, 5.74) is 2.81. The van der Waals surface area contributed by atoms with Crippen molar-refractivity contribution < 1.29 is 0 Å². The Morgan fingerprint density at radius 3 is 2.60 bits per heavy atom. The molecule has 0 atom stereocenters. The molecule has 0 aliphatic rings. The van der Waals surface area contributed by atoms with Gasteiger partial charge < -0.3 is 5.32 Å². The van der Waals surface area contributed by atoms with E-state index in [1.54, 1.807) is 4.68 Å². The minimum Gasteiger partial charge on any atom is -0.312 e. The fourth-order valence-electron chi connectivity index (χ4n) is 1.99. The Kier molecular flexibility index (Phi) is 5.08. The number of hydrogen-bond donors (Lipinski definition) is 1. The molecule has 1 N–H and O–H groups in total. The molecular weight excluding hydrogens is 293 g/mol. The van der Waals surface area contributed by atoms with E-state index in [-0.39, 0.29) is 0 Å². The third-order valence-electron chi connectivity index (χ3n) is 3.03. The van der Waals surface area contributed by atoms with Crippen molar-refractivity contribution in [2.24, 2.45) is 5.92 Å². The number of nitrogens with zero attached hydrogens (tertiary/aromatic N) is 2. The van der Waals surface area contributed by atoms with Crippen molar-refractivity contribution in [2.45, 2.75) is 27.3 Å². The number of halogens is 2. The van der Waals surface area contributed by atoms with E-state index in [0.717, 1.165) is 28.5 Å². The monoisotopic (exact) mass is 311 g/mol. The molecule has 2 aromatic rings. The summed E-state index contributed by atoms with van der Waals surface area (Å²) in [6, 6.07) is 5.82. The molecule has 3 nitrogen and oxygen atoms in total. The third kappa shape index (κ3) is 3.54. The second kappa shape index (κ2) is 6.61. The fourth-order valence-corrected chi connectivity index (χ4v) is 2.35. The van der Waals surface area contributed by atoms with E-state index < -0.39 is 0 Å². The largest absolute Gasteiger partial charge is 0.312 e. The van der Waals surface area contributed by atoms with Crippen molar-refractivity contribution in [1.82, 2.24) is 15.1 Å². The first kappa shape index (κ1) is 15.4. The van der Waals surface area contributed by atoms with Crippen LogP contribution in [0.3, 0.4) is 0 Å². The lowest BCUT2D eigenvalue weighted by Gasteiger charge is -2.13. The molecule has 0 radical (unpaired) electrons. The van der Waals surface area contributed by atoms with Gasteiger partial charge in [-0.3, -0.25) is 0 Å². The number of aryl methyl sites for hydroxylation is 1. The van der Waals surface area contributed by atoms with Gasteiger partial charge in [-0.25, -0.2) is 4.68 Å². The first-order chi connectivity index (χ1) is 9.49. The van der Waals surface area contributed by atoms with Crippen LogP contribution in [0.1, 0.15) is 25.1 Å². The lowest BCUT2D eigenvalue weighted by atomic mass is 10.1. The summed E-state index contributed by atoms with van der Waals surface area (Å²) >= 11 is 12.4. The Morgan fingerprint density at radius 2 is 2.00 bits per heavy atom. The standard InChI is InChI=1S/C15H19Cl2N3/c1-10(2)7-18-8-12-13(16)5-4-6-15(12)20-9-14(17)11(3)19-20/h4-6,9-10,18H,7-8H2,1-3H3. The molecule has 0 fully saturated rings. The van der Waals surface area contributed by atoms with E-state index in [9.17, 15) is 0 Å². The van der Waals surface area contributed by atoms with Crippen LogP contribution < -0.4 is 5.32 Å². The quantitative estimate of drug-likeness (QED) is 0.895. The minimum atomic E-state index is 0.599. The Hall–Kier alpha value is -1.03. The molecule has 5 heteroatoms. The zero-order valence-electron chi connectivity index (χ0n) is 12.0. The van der Waals surface area contributed by atoms with Crippen molar-refractivity contribution in [3.63, 3.8) is 0 Å². The van der Waals surface area contributed by atoms with E-state index in [2.05, 4.69) is 24.3 Å². The number of benzene rings is 1. The molecule has 1 aromatic carbocycles. The number of rotatable bonds is 5. The summed E-state index contributed by atoms with van der Waals surface area (Å²) in [4.78, 5) is 0. The molecule has 0 saturated heterocycles. The maximum atomic E-state index is 6.33. The molecule has 0 spiro atoms. The van der Waals surface area contributed by atoms with Crippen LogP contribution in [0.5, 0.6) is 0 Å². The molecule has 1 heterocycles. The van der Waals surface area contributed by atoms with Crippen molar-refractivity contribution in [1.29, 1.82) is 0 Å². The number of nitrogens with one attached hydrogen (secondary N) is 1. The predicted octanol–water partition coefficient (Wildman–Crippen LogP) is 4.23. The van der Waals surface area contributed by atoms with E-state index in [0.29, 0.717) is 17.5 Å². The highest BCUT2D eigenvalue weighted by Gasteiger charge is 2.11. The van der Waals surface area contributed by atoms with Crippen molar-refractivity contribution in [3.8, 4) is 5.69 Å². The maximum absolute atomic E-state index is 6.33. The van der Waals surface area contributed by atoms with Gasteiger partial charge in [0.1, 0.15) is 0 Å². The van der Waals surface area contributed by atoms with Crippen LogP contribution in [-0.2, 0) is 6.54 Å². The molecule has 0 aliphatic carbocycles. The first-order valence-corrected chi connectivity index (χ1v) is 7.45. The SMILES string of the molecule is Cc1nn(-c2cccc(Cl)c2CNCC(C)C)cc1Cl. The van der Waals surface area contributed by atoms with Gasteiger partial charge in [-0.05, 0) is 31.5 Å². The molecule has 0 bridgehead atoms. The second-order valence-electron chi connectivity index (χ2n) is 5.27. The molecule has 0 aliphatic heterocycles. The van der Waals surface area contributed by atoms with Crippen molar-refractivity contribution in [3.05, 3.63) is 45.7 Å². The molecule has 0 amide bonds.